The summed E-state index contributed by atoms with van der Waals surface area (Å²) in [4.78, 5) is 12.6. The standard InChI is InChI=1S/C22H28N4O2/c1-27-21-5-4-9-24-22(21)26-14-12-25(13-15-26)11-2-3-16-28-19-7-6-18-8-10-23-20(18)17-19/h4-10,17,23H,2-3,11-16H2,1H3. The summed E-state index contributed by atoms with van der Waals surface area (Å²) >= 11 is 0. The van der Waals surface area contributed by atoms with Crippen LogP contribution in [0.1, 0.15) is 12.8 Å². The quantitative estimate of drug-likeness (QED) is 0.606. The number of hydrogen-bond donors (Lipinski definition) is 1. The number of aromatic nitrogens is 2. The minimum Gasteiger partial charge on any atom is -0.494 e. The Morgan fingerprint density at radius 1 is 1.07 bits per heavy atom. The Labute approximate surface area is 166 Å². The van der Waals surface area contributed by atoms with Gasteiger partial charge in [-0.1, -0.05) is 0 Å². The first kappa shape index (κ1) is 18.6. The second kappa shape index (κ2) is 8.97. The van der Waals surface area contributed by atoms with E-state index in [4.69, 9.17) is 9.47 Å². The van der Waals surface area contributed by atoms with Gasteiger partial charge in [-0.2, -0.15) is 0 Å². The van der Waals surface area contributed by atoms with E-state index in [1.54, 1.807) is 7.11 Å². The van der Waals surface area contributed by atoms with Gasteiger partial charge in [0.15, 0.2) is 11.6 Å². The Balaban J connectivity index is 1.15. The van der Waals surface area contributed by atoms with Gasteiger partial charge in [-0.25, -0.2) is 4.98 Å². The second-order valence-electron chi connectivity index (χ2n) is 7.14. The van der Waals surface area contributed by atoms with Crippen LogP contribution in [-0.2, 0) is 0 Å². The molecule has 6 nitrogen and oxygen atoms in total. The molecule has 148 valence electrons. The zero-order valence-electron chi connectivity index (χ0n) is 16.4. The van der Waals surface area contributed by atoms with Crippen molar-refractivity contribution >= 4 is 16.7 Å². The normalized spacial score (nSPS) is 15.1. The minimum absolute atomic E-state index is 0.761. The van der Waals surface area contributed by atoms with Gasteiger partial charge in [0.25, 0.3) is 0 Å². The van der Waals surface area contributed by atoms with Crippen LogP contribution in [0.15, 0.2) is 48.8 Å². The van der Waals surface area contributed by atoms with Crippen molar-refractivity contribution in [1.82, 2.24) is 14.9 Å². The van der Waals surface area contributed by atoms with Crippen LogP contribution in [0, 0.1) is 0 Å². The highest BCUT2D eigenvalue weighted by Crippen LogP contribution is 2.25. The maximum Gasteiger partial charge on any atom is 0.171 e. The molecule has 6 heteroatoms. The van der Waals surface area contributed by atoms with E-state index >= 15 is 0 Å². The average Bonchev–Trinajstić information content (AvgIpc) is 3.22. The molecule has 4 rings (SSSR count). The van der Waals surface area contributed by atoms with Gasteiger partial charge in [0.1, 0.15) is 5.75 Å². The third-order valence-electron chi connectivity index (χ3n) is 5.31. The van der Waals surface area contributed by atoms with E-state index in [9.17, 15) is 0 Å². The summed E-state index contributed by atoms with van der Waals surface area (Å²) in [6.07, 6.45) is 6.00. The molecule has 2 aromatic heterocycles. The number of ether oxygens (including phenoxy) is 2. The molecule has 0 unspecified atom stereocenters. The van der Waals surface area contributed by atoms with Crippen molar-refractivity contribution in [3.63, 3.8) is 0 Å². The highest BCUT2D eigenvalue weighted by molar-refractivity contribution is 5.80. The molecule has 0 saturated carbocycles. The van der Waals surface area contributed by atoms with E-state index in [0.29, 0.717) is 0 Å². The lowest BCUT2D eigenvalue weighted by Crippen LogP contribution is -2.47. The van der Waals surface area contributed by atoms with Crippen LogP contribution in [-0.4, -0.2) is 61.3 Å². The number of rotatable bonds is 8. The molecule has 1 saturated heterocycles. The Hall–Kier alpha value is -2.73. The predicted octanol–water partition coefficient (Wildman–Crippen LogP) is 3.55. The monoisotopic (exact) mass is 380 g/mol. The molecule has 1 aliphatic rings. The molecule has 1 aromatic carbocycles. The van der Waals surface area contributed by atoms with Crippen molar-refractivity contribution in [3.8, 4) is 11.5 Å². The van der Waals surface area contributed by atoms with Crippen molar-refractivity contribution in [2.45, 2.75) is 12.8 Å². The Bertz CT molecular complexity index is 887. The summed E-state index contributed by atoms with van der Waals surface area (Å²) in [7, 11) is 1.70. The SMILES string of the molecule is COc1cccnc1N1CCN(CCCCOc2ccc3cc[nH]c3c2)CC1. The number of unbranched alkanes of at least 4 members (excludes halogenated alkanes) is 1. The molecule has 0 atom stereocenters. The number of nitrogens with zero attached hydrogens (tertiary/aromatic N) is 3. The Morgan fingerprint density at radius 3 is 2.82 bits per heavy atom. The zero-order chi connectivity index (χ0) is 19.2. The van der Waals surface area contributed by atoms with Crippen molar-refractivity contribution in [2.24, 2.45) is 0 Å². The highest BCUT2D eigenvalue weighted by Gasteiger charge is 2.20. The zero-order valence-corrected chi connectivity index (χ0v) is 16.4. The smallest absolute Gasteiger partial charge is 0.171 e. The van der Waals surface area contributed by atoms with Crippen LogP contribution in [0.2, 0.25) is 0 Å². The Morgan fingerprint density at radius 2 is 1.96 bits per heavy atom. The first-order valence-electron chi connectivity index (χ1n) is 10.00. The molecule has 1 aliphatic heterocycles. The largest absolute Gasteiger partial charge is 0.494 e. The van der Waals surface area contributed by atoms with Gasteiger partial charge in [0.05, 0.1) is 13.7 Å². The van der Waals surface area contributed by atoms with Gasteiger partial charge in [-0.15, -0.1) is 0 Å². The van der Waals surface area contributed by atoms with Gasteiger partial charge in [0.2, 0.25) is 0 Å². The number of methoxy groups -OCH3 is 1. The Kier molecular flexibility index (Phi) is 5.97. The average molecular weight is 380 g/mol. The van der Waals surface area contributed by atoms with E-state index in [2.05, 4.69) is 38.0 Å². The number of pyridine rings is 1. The molecule has 0 spiro atoms. The first-order valence-corrected chi connectivity index (χ1v) is 10.00. The maximum absolute atomic E-state index is 5.90. The number of piperazine rings is 1. The number of fused-ring (bicyclic) bond motifs is 1. The van der Waals surface area contributed by atoms with E-state index < -0.39 is 0 Å². The van der Waals surface area contributed by atoms with Crippen molar-refractivity contribution in [3.05, 3.63) is 48.8 Å². The fraction of sp³-hybridized carbons (Fsp3) is 0.409. The molecular weight excluding hydrogens is 352 g/mol. The maximum atomic E-state index is 5.90. The number of H-pyrrole nitrogens is 1. The van der Waals surface area contributed by atoms with E-state index in [-0.39, 0.29) is 0 Å². The summed E-state index contributed by atoms with van der Waals surface area (Å²) in [5.74, 6) is 2.75. The summed E-state index contributed by atoms with van der Waals surface area (Å²) < 4.78 is 11.3. The minimum atomic E-state index is 0.761. The van der Waals surface area contributed by atoms with Gasteiger partial charge in [-0.05, 0) is 55.1 Å². The van der Waals surface area contributed by atoms with Gasteiger partial charge in [0, 0.05) is 50.2 Å². The molecule has 3 heterocycles. The second-order valence-corrected chi connectivity index (χ2v) is 7.14. The van der Waals surface area contributed by atoms with E-state index in [1.807, 2.05) is 30.6 Å². The number of aromatic amines is 1. The van der Waals surface area contributed by atoms with Crippen molar-refractivity contribution in [1.29, 1.82) is 0 Å². The van der Waals surface area contributed by atoms with E-state index in [0.717, 1.165) is 75.0 Å². The number of benzene rings is 1. The number of nitrogens with one attached hydrogen (secondary N) is 1. The summed E-state index contributed by atoms with van der Waals surface area (Å²) in [6.45, 7) is 5.97. The lowest BCUT2D eigenvalue weighted by molar-refractivity contribution is 0.237. The molecule has 0 aliphatic carbocycles. The first-order chi connectivity index (χ1) is 13.8. The van der Waals surface area contributed by atoms with Crippen LogP contribution in [0.25, 0.3) is 10.9 Å². The molecule has 1 N–H and O–H groups in total. The number of hydrogen-bond acceptors (Lipinski definition) is 5. The fourth-order valence-corrected chi connectivity index (χ4v) is 3.71. The van der Waals surface area contributed by atoms with Crippen LogP contribution in [0.4, 0.5) is 5.82 Å². The topological polar surface area (TPSA) is 53.6 Å². The molecule has 3 aromatic rings. The third kappa shape index (κ3) is 4.39. The molecule has 28 heavy (non-hydrogen) atoms. The lowest BCUT2D eigenvalue weighted by atomic mass is 10.2. The van der Waals surface area contributed by atoms with Crippen LogP contribution >= 0.6 is 0 Å². The third-order valence-corrected chi connectivity index (χ3v) is 5.31. The fourth-order valence-electron chi connectivity index (χ4n) is 3.71. The lowest BCUT2D eigenvalue weighted by Gasteiger charge is -2.35. The van der Waals surface area contributed by atoms with Gasteiger partial charge < -0.3 is 19.4 Å². The van der Waals surface area contributed by atoms with Crippen LogP contribution in [0.5, 0.6) is 11.5 Å². The van der Waals surface area contributed by atoms with Crippen molar-refractivity contribution < 1.29 is 9.47 Å². The van der Waals surface area contributed by atoms with Crippen molar-refractivity contribution in [2.75, 3.05) is 51.3 Å². The summed E-state index contributed by atoms with van der Waals surface area (Å²) in [5.41, 5.74) is 1.12. The highest BCUT2D eigenvalue weighted by atomic mass is 16.5. The van der Waals surface area contributed by atoms with Crippen LogP contribution < -0.4 is 14.4 Å². The molecule has 0 amide bonds. The molecular formula is C22H28N4O2. The predicted molar refractivity (Wildman–Crippen MR) is 112 cm³/mol. The van der Waals surface area contributed by atoms with Crippen LogP contribution in [0.3, 0.4) is 0 Å². The summed E-state index contributed by atoms with van der Waals surface area (Å²) in [6, 6.07) is 12.2. The molecule has 0 radical (unpaired) electrons. The molecule has 0 bridgehead atoms. The van der Waals surface area contributed by atoms with Gasteiger partial charge >= 0.3 is 0 Å². The van der Waals surface area contributed by atoms with E-state index in [1.165, 1.54) is 5.39 Å². The van der Waals surface area contributed by atoms with Gasteiger partial charge in [-0.3, -0.25) is 4.90 Å². The molecule has 1 fully saturated rings. The summed E-state index contributed by atoms with van der Waals surface area (Å²) in [5, 5.41) is 1.22. The number of anilines is 1.